The van der Waals surface area contributed by atoms with E-state index in [9.17, 15) is 18.0 Å². The van der Waals surface area contributed by atoms with Crippen molar-refractivity contribution in [1.29, 1.82) is 0 Å². The minimum atomic E-state index is -4.67. The fourth-order valence-corrected chi connectivity index (χ4v) is 1.98. The number of carbonyl (C=O) groups is 2. The summed E-state index contributed by atoms with van der Waals surface area (Å²) in [5, 5.41) is 17.1. The third kappa shape index (κ3) is 6.96. The number of rotatable bonds is 7. The molecule has 0 fully saturated rings. The van der Waals surface area contributed by atoms with E-state index in [0.29, 0.717) is 0 Å². The maximum absolute atomic E-state index is 11.7. The van der Waals surface area contributed by atoms with Gasteiger partial charge in [-0.3, -0.25) is 4.55 Å². The summed E-state index contributed by atoms with van der Waals surface area (Å²) in [5.74, 6) is -1.98. The van der Waals surface area contributed by atoms with Crippen molar-refractivity contribution in [3.05, 3.63) is 29.3 Å². The molecule has 0 spiro atoms. The number of aliphatic hydroxyl groups excluding tert-OH is 2. The maximum atomic E-state index is 11.7. The minimum Gasteiger partial charge on any atom is -0.460 e. The predicted octanol–water partition coefficient (Wildman–Crippen LogP) is -1.15. The molecule has 123 valence electrons. The molecular formula is C12H14NaO9S. The van der Waals surface area contributed by atoms with Crippen LogP contribution in [0.5, 0.6) is 0 Å². The molecule has 0 unspecified atom stereocenters. The molecule has 1 rings (SSSR count). The molecule has 0 aromatic heterocycles. The maximum Gasteiger partial charge on any atom is 0.338 e. The fourth-order valence-electron chi connectivity index (χ4n) is 1.43. The van der Waals surface area contributed by atoms with Crippen LogP contribution in [0.4, 0.5) is 0 Å². The van der Waals surface area contributed by atoms with E-state index in [1.807, 2.05) is 0 Å². The van der Waals surface area contributed by atoms with Gasteiger partial charge in [-0.15, -0.1) is 0 Å². The summed E-state index contributed by atoms with van der Waals surface area (Å²) in [6, 6.07) is 2.64. The third-order valence-electron chi connectivity index (χ3n) is 2.32. The second-order valence-electron chi connectivity index (χ2n) is 3.94. The number of esters is 2. The van der Waals surface area contributed by atoms with Crippen LogP contribution in [0.15, 0.2) is 23.1 Å². The van der Waals surface area contributed by atoms with Gasteiger partial charge in [0.1, 0.15) is 13.2 Å². The Morgan fingerprint density at radius 1 is 0.913 bits per heavy atom. The summed E-state index contributed by atoms with van der Waals surface area (Å²) < 4.78 is 40.6. The van der Waals surface area contributed by atoms with Gasteiger partial charge in [0.25, 0.3) is 10.1 Å². The largest absolute Gasteiger partial charge is 0.460 e. The number of hydrogen-bond acceptors (Lipinski definition) is 8. The summed E-state index contributed by atoms with van der Waals surface area (Å²) in [4.78, 5) is 22.6. The van der Waals surface area contributed by atoms with Crippen molar-refractivity contribution in [3.63, 3.8) is 0 Å². The van der Waals surface area contributed by atoms with Crippen molar-refractivity contribution >= 4 is 51.6 Å². The Morgan fingerprint density at radius 3 is 1.61 bits per heavy atom. The Balaban J connectivity index is 0.00000484. The molecule has 0 aliphatic carbocycles. The molecule has 23 heavy (non-hydrogen) atoms. The van der Waals surface area contributed by atoms with Crippen LogP contribution in [-0.4, -0.2) is 91.1 Å². The van der Waals surface area contributed by atoms with Crippen LogP contribution in [-0.2, 0) is 19.6 Å². The molecule has 1 aromatic rings. The van der Waals surface area contributed by atoms with Crippen molar-refractivity contribution in [1.82, 2.24) is 0 Å². The number of aliphatic hydroxyl groups is 2. The zero-order valence-corrected chi connectivity index (χ0v) is 15.1. The summed E-state index contributed by atoms with van der Waals surface area (Å²) in [6.07, 6.45) is 0. The second-order valence-corrected chi connectivity index (χ2v) is 5.36. The van der Waals surface area contributed by atoms with Crippen molar-refractivity contribution in [2.75, 3.05) is 26.4 Å². The third-order valence-corrected chi connectivity index (χ3v) is 3.16. The fraction of sp³-hybridized carbons (Fsp3) is 0.333. The van der Waals surface area contributed by atoms with Gasteiger partial charge in [-0.2, -0.15) is 8.42 Å². The molecular weight excluding hydrogens is 343 g/mol. The van der Waals surface area contributed by atoms with Crippen LogP contribution in [0.3, 0.4) is 0 Å². The van der Waals surface area contributed by atoms with Crippen molar-refractivity contribution in [2.24, 2.45) is 0 Å². The zero-order chi connectivity index (χ0) is 16.8. The van der Waals surface area contributed by atoms with Crippen LogP contribution >= 0.6 is 0 Å². The van der Waals surface area contributed by atoms with E-state index in [4.69, 9.17) is 14.8 Å². The van der Waals surface area contributed by atoms with Gasteiger partial charge in [0.15, 0.2) is 0 Å². The average Bonchev–Trinajstić information content (AvgIpc) is 2.48. The van der Waals surface area contributed by atoms with Crippen LogP contribution < -0.4 is 0 Å². The van der Waals surface area contributed by atoms with E-state index in [1.165, 1.54) is 0 Å². The van der Waals surface area contributed by atoms with Crippen LogP contribution in [0, 0.1) is 0 Å². The predicted molar refractivity (Wildman–Crippen MR) is 76.7 cm³/mol. The first-order valence-electron chi connectivity index (χ1n) is 5.98. The van der Waals surface area contributed by atoms with Crippen LogP contribution in [0.25, 0.3) is 0 Å². The zero-order valence-electron chi connectivity index (χ0n) is 12.3. The van der Waals surface area contributed by atoms with Crippen molar-refractivity contribution < 1.29 is 42.2 Å². The first-order valence-corrected chi connectivity index (χ1v) is 7.42. The minimum absolute atomic E-state index is 0. The smallest absolute Gasteiger partial charge is 0.338 e. The number of benzene rings is 1. The monoisotopic (exact) mass is 357 g/mol. The van der Waals surface area contributed by atoms with E-state index >= 15 is 0 Å². The molecule has 1 aromatic carbocycles. The van der Waals surface area contributed by atoms with Gasteiger partial charge in [0.05, 0.1) is 29.2 Å². The second kappa shape index (κ2) is 9.98. The molecule has 3 N–H and O–H groups in total. The van der Waals surface area contributed by atoms with Gasteiger partial charge in [0.2, 0.25) is 0 Å². The topological polar surface area (TPSA) is 147 Å². The Hall–Kier alpha value is -1.01. The molecule has 0 bridgehead atoms. The Labute approximate surface area is 154 Å². The van der Waals surface area contributed by atoms with E-state index in [2.05, 4.69) is 9.47 Å². The normalized spacial score (nSPS) is 10.6. The van der Waals surface area contributed by atoms with E-state index in [0.717, 1.165) is 18.2 Å². The summed E-state index contributed by atoms with van der Waals surface area (Å²) >= 11 is 0. The average molecular weight is 357 g/mol. The van der Waals surface area contributed by atoms with Gasteiger partial charge in [-0.25, -0.2) is 9.59 Å². The van der Waals surface area contributed by atoms with E-state index in [-0.39, 0.29) is 53.9 Å². The van der Waals surface area contributed by atoms with Gasteiger partial charge in [-0.1, -0.05) is 0 Å². The Bertz CT molecular complexity index is 618. The van der Waals surface area contributed by atoms with Gasteiger partial charge in [-0.05, 0) is 18.2 Å². The summed E-state index contributed by atoms with van der Waals surface area (Å²) in [6.45, 7) is -1.51. The van der Waals surface area contributed by atoms with Crippen molar-refractivity contribution in [2.45, 2.75) is 4.90 Å². The quantitative estimate of drug-likeness (QED) is 0.312. The molecule has 0 heterocycles. The standard InChI is InChI=1S/C12H14O9S.Na/c13-1-3-20-11(15)8-5-9(12(16)21-4-2-14)7-10(6-8)22(17,18)19;/h5-7,13-14H,1-4H2,(H,17,18,19);. The molecule has 0 saturated carbocycles. The number of carbonyl (C=O) groups excluding carboxylic acids is 2. The molecule has 0 aliphatic heterocycles. The summed E-state index contributed by atoms with van der Waals surface area (Å²) in [5.41, 5.74) is -0.640. The molecule has 0 atom stereocenters. The Kier molecular flexibility index (Phi) is 9.54. The van der Waals surface area contributed by atoms with E-state index < -0.39 is 40.2 Å². The number of ether oxygens (including phenoxy) is 2. The van der Waals surface area contributed by atoms with Gasteiger partial charge in [0, 0.05) is 29.6 Å². The molecule has 0 saturated heterocycles. The molecule has 1 radical (unpaired) electrons. The molecule has 11 heteroatoms. The molecule has 9 nitrogen and oxygen atoms in total. The molecule has 0 aliphatic rings. The summed E-state index contributed by atoms with van der Waals surface area (Å²) in [7, 11) is -4.67. The first-order chi connectivity index (χ1) is 10.3. The SMILES string of the molecule is O=C(OCCO)c1cc(C(=O)OCCO)cc(S(=O)(=O)O)c1.[Na]. The van der Waals surface area contributed by atoms with Gasteiger partial charge < -0.3 is 19.7 Å². The van der Waals surface area contributed by atoms with E-state index in [1.54, 1.807) is 0 Å². The van der Waals surface area contributed by atoms with Gasteiger partial charge >= 0.3 is 11.9 Å². The molecule has 0 amide bonds. The van der Waals surface area contributed by atoms with Crippen LogP contribution in [0.2, 0.25) is 0 Å². The Morgan fingerprint density at radius 2 is 1.30 bits per heavy atom. The first kappa shape index (κ1) is 22.0. The van der Waals surface area contributed by atoms with Crippen LogP contribution in [0.1, 0.15) is 20.7 Å². The van der Waals surface area contributed by atoms with Crippen molar-refractivity contribution in [3.8, 4) is 0 Å². The number of hydrogen-bond donors (Lipinski definition) is 3.